The monoisotopic (exact) mass is 524 g/mol. The number of allylic oxidation sites excluding steroid dienone is 1. The van der Waals surface area contributed by atoms with E-state index in [9.17, 15) is 34.2 Å². The number of Topliss-reactive ketones (excluding diaryl/α,β-unsaturated/α-hetero) is 1. The maximum Gasteiger partial charge on any atom is 0.312 e. The van der Waals surface area contributed by atoms with Crippen molar-refractivity contribution in [2.24, 2.45) is 17.3 Å². The van der Waals surface area contributed by atoms with Gasteiger partial charge in [-0.2, -0.15) is 0 Å². The third kappa shape index (κ3) is 4.79. The zero-order chi connectivity index (χ0) is 28.1. The molecule has 2 aliphatic carbocycles. The van der Waals surface area contributed by atoms with E-state index in [0.717, 1.165) is 13.8 Å². The molecule has 0 spiro atoms. The van der Waals surface area contributed by atoms with Gasteiger partial charge in [0, 0.05) is 33.1 Å². The molecule has 11 heteroatoms. The van der Waals surface area contributed by atoms with E-state index in [2.05, 4.69) is 0 Å². The molecule has 0 amide bonds. The summed E-state index contributed by atoms with van der Waals surface area (Å²) in [5, 5.41) is 23.9. The van der Waals surface area contributed by atoms with Crippen molar-refractivity contribution in [2.45, 2.75) is 103 Å². The van der Waals surface area contributed by atoms with Gasteiger partial charge in [0.2, 0.25) is 0 Å². The second-order valence-corrected chi connectivity index (χ2v) is 10.9. The molecular weight excluding hydrogens is 488 g/mol. The van der Waals surface area contributed by atoms with E-state index >= 15 is 0 Å². The Balaban J connectivity index is 2.43. The molecule has 37 heavy (non-hydrogen) atoms. The molecular formula is C26H36O11. The second-order valence-electron chi connectivity index (χ2n) is 10.9. The average Bonchev–Trinajstić information content (AvgIpc) is 2.97. The Morgan fingerprint density at radius 1 is 0.973 bits per heavy atom. The van der Waals surface area contributed by atoms with Gasteiger partial charge in [-0.05, 0) is 39.7 Å². The van der Waals surface area contributed by atoms with Gasteiger partial charge in [0.15, 0.2) is 17.5 Å². The van der Waals surface area contributed by atoms with Crippen LogP contribution in [0.15, 0.2) is 11.6 Å². The minimum absolute atomic E-state index is 0.179. The van der Waals surface area contributed by atoms with Gasteiger partial charge in [-0.25, -0.2) is 0 Å². The third-order valence-corrected chi connectivity index (χ3v) is 8.25. The van der Waals surface area contributed by atoms with Crippen molar-refractivity contribution >= 4 is 29.7 Å². The molecule has 0 aromatic rings. The molecule has 0 aromatic heterocycles. The summed E-state index contributed by atoms with van der Waals surface area (Å²) in [6.45, 7) is 9.37. The molecule has 1 heterocycles. The van der Waals surface area contributed by atoms with Crippen LogP contribution in [0.25, 0.3) is 0 Å². The summed E-state index contributed by atoms with van der Waals surface area (Å²) in [5.41, 5.74) is -5.35. The first kappa shape index (κ1) is 28.8. The van der Waals surface area contributed by atoms with Crippen LogP contribution < -0.4 is 0 Å². The Bertz CT molecular complexity index is 1030. The normalized spacial score (nSPS) is 43.3. The fourth-order valence-corrected chi connectivity index (χ4v) is 6.31. The van der Waals surface area contributed by atoms with Crippen molar-refractivity contribution in [3.05, 3.63) is 11.6 Å². The van der Waals surface area contributed by atoms with Gasteiger partial charge in [0.1, 0.15) is 23.9 Å². The number of hydrogen-bond donors (Lipinski definition) is 2. The van der Waals surface area contributed by atoms with Crippen LogP contribution >= 0.6 is 0 Å². The van der Waals surface area contributed by atoms with Crippen LogP contribution in [0.4, 0.5) is 0 Å². The van der Waals surface area contributed by atoms with E-state index in [1.54, 1.807) is 13.8 Å². The molecule has 0 bridgehead atoms. The molecule has 3 aliphatic rings. The number of ketones is 1. The lowest BCUT2D eigenvalue weighted by Crippen LogP contribution is -2.73. The Morgan fingerprint density at radius 2 is 1.51 bits per heavy atom. The average molecular weight is 525 g/mol. The van der Waals surface area contributed by atoms with Crippen molar-refractivity contribution in [3.63, 3.8) is 0 Å². The molecule has 1 saturated heterocycles. The summed E-state index contributed by atoms with van der Waals surface area (Å²) in [7, 11) is 0. The molecule has 11 nitrogen and oxygen atoms in total. The first-order valence-corrected chi connectivity index (χ1v) is 12.3. The molecule has 0 unspecified atom stereocenters. The highest BCUT2D eigenvalue weighted by molar-refractivity contribution is 5.89. The van der Waals surface area contributed by atoms with Gasteiger partial charge >= 0.3 is 23.9 Å². The number of carbonyl (C=O) groups is 5. The van der Waals surface area contributed by atoms with Gasteiger partial charge in [-0.15, -0.1) is 0 Å². The number of ether oxygens (including phenoxy) is 4. The predicted molar refractivity (Wildman–Crippen MR) is 125 cm³/mol. The molecule has 206 valence electrons. The van der Waals surface area contributed by atoms with E-state index in [1.165, 1.54) is 26.8 Å². The molecule has 1 aliphatic heterocycles. The number of carbonyl (C=O) groups excluding carboxylic acids is 5. The molecule has 2 N–H and O–H groups in total. The predicted octanol–water partition coefficient (Wildman–Crippen LogP) is 1.16. The number of esters is 4. The SMILES string of the molecule is CC(=O)O[C@H]1CC(=O)[C@@](C)(O)[C@@H]2[C@@H](OC(C)=O)[C@@]3(O)[C@H](/C=C(/C)CC[C@@H](OC(C)=O)[C@@]12C)OC(=O)[C@@H]3C. The Kier molecular flexibility index (Phi) is 7.64. The van der Waals surface area contributed by atoms with Crippen molar-refractivity contribution in [1.82, 2.24) is 0 Å². The first-order chi connectivity index (χ1) is 17.0. The third-order valence-electron chi connectivity index (χ3n) is 8.25. The van der Waals surface area contributed by atoms with Crippen LogP contribution in [-0.2, 0) is 42.9 Å². The smallest absolute Gasteiger partial charge is 0.312 e. The Labute approximate surface area is 215 Å². The summed E-state index contributed by atoms with van der Waals surface area (Å²) in [5.74, 6) is -6.45. The summed E-state index contributed by atoms with van der Waals surface area (Å²) in [6, 6.07) is 0. The highest BCUT2D eigenvalue weighted by Gasteiger charge is 2.72. The van der Waals surface area contributed by atoms with Crippen LogP contribution in [0, 0.1) is 17.3 Å². The second kappa shape index (κ2) is 9.83. The largest absolute Gasteiger partial charge is 0.462 e. The fraction of sp³-hybridized carbons (Fsp3) is 0.731. The lowest BCUT2D eigenvalue weighted by atomic mass is 9.51. The van der Waals surface area contributed by atoms with E-state index in [4.69, 9.17) is 18.9 Å². The molecule has 9 atom stereocenters. The van der Waals surface area contributed by atoms with E-state index in [0.29, 0.717) is 12.0 Å². The Hall–Kier alpha value is -2.79. The van der Waals surface area contributed by atoms with Gasteiger partial charge in [-0.1, -0.05) is 12.5 Å². The van der Waals surface area contributed by atoms with Crippen molar-refractivity contribution in [3.8, 4) is 0 Å². The van der Waals surface area contributed by atoms with E-state index < -0.39 is 89.0 Å². The maximum absolute atomic E-state index is 13.3. The standard InChI is InChI=1S/C26H36O11/c1-12-8-9-18(34-14(3)27)24(6)19(35-15(4)28)11-17(30)25(7,32)21(24)22(36-16(5)29)26(33)13(2)23(31)37-20(26)10-12/h10,13,18-22,32-33H,8-9,11H2,1-7H3/b12-10-/t13-,18+,19-,20-,21+,22+,24-,25+,26-/m0/s1. The quantitative estimate of drug-likeness (QED) is 0.309. The summed E-state index contributed by atoms with van der Waals surface area (Å²) >= 11 is 0. The van der Waals surface area contributed by atoms with E-state index in [1.807, 2.05) is 0 Å². The minimum atomic E-state index is -2.26. The molecule has 0 radical (unpaired) electrons. The van der Waals surface area contributed by atoms with Crippen LogP contribution in [0.5, 0.6) is 0 Å². The van der Waals surface area contributed by atoms with Crippen LogP contribution in [0.2, 0.25) is 0 Å². The van der Waals surface area contributed by atoms with Gasteiger partial charge in [0.25, 0.3) is 0 Å². The van der Waals surface area contributed by atoms with Crippen LogP contribution in [-0.4, -0.2) is 75.5 Å². The topological polar surface area (TPSA) is 163 Å². The maximum atomic E-state index is 13.3. The number of aliphatic hydroxyl groups is 2. The fourth-order valence-electron chi connectivity index (χ4n) is 6.31. The van der Waals surface area contributed by atoms with Crippen LogP contribution in [0.3, 0.4) is 0 Å². The molecule has 0 aromatic carbocycles. The van der Waals surface area contributed by atoms with Crippen molar-refractivity contribution < 1.29 is 53.1 Å². The number of rotatable bonds is 3. The van der Waals surface area contributed by atoms with Gasteiger partial charge in [0.05, 0.1) is 11.3 Å². The molecule has 3 rings (SSSR count). The summed E-state index contributed by atoms with van der Waals surface area (Å²) in [4.78, 5) is 62.9. The summed E-state index contributed by atoms with van der Waals surface area (Å²) in [6.07, 6.45) is -3.62. The molecule has 2 fully saturated rings. The zero-order valence-electron chi connectivity index (χ0n) is 22.2. The lowest BCUT2D eigenvalue weighted by molar-refractivity contribution is -0.258. The van der Waals surface area contributed by atoms with Gasteiger partial charge < -0.3 is 29.2 Å². The van der Waals surface area contributed by atoms with Crippen molar-refractivity contribution in [1.29, 1.82) is 0 Å². The first-order valence-electron chi connectivity index (χ1n) is 12.3. The summed E-state index contributed by atoms with van der Waals surface area (Å²) < 4.78 is 22.5. The number of fused-ring (bicyclic) bond motifs is 2. The van der Waals surface area contributed by atoms with E-state index in [-0.39, 0.29) is 6.42 Å². The minimum Gasteiger partial charge on any atom is -0.462 e. The number of hydrogen-bond acceptors (Lipinski definition) is 11. The zero-order valence-corrected chi connectivity index (χ0v) is 22.2. The Morgan fingerprint density at radius 3 is 2.05 bits per heavy atom. The van der Waals surface area contributed by atoms with Crippen molar-refractivity contribution in [2.75, 3.05) is 0 Å². The highest BCUT2D eigenvalue weighted by atomic mass is 16.6. The molecule has 1 saturated carbocycles. The highest BCUT2D eigenvalue weighted by Crippen LogP contribution is 2.57. The van der Waals surface area contributed by atoms with Crippen LogP contribution in [0.1, 0.15) is 67.7 Å². The lowest BCUT2D eigenvalue weighted by Gasteiger charge is -2.58. The van der Waals surface area contributed by atoms with Gasteiger partial charge in [-0.3, -0.25) is 24.0 Å².